The van der Waals surface area contributed by atoms with Crippen molar-refractivity contribution in [1.82, 2.24) is 4.90 Å². The molecule has 0 saturated carbocycles. The lowest BCUT2D eigenvalue weighted by molar-refractivity contribution is 0.296. The van der Waals surface area contributed by atoms with Crippen molar-refractivity contribution in [2.24, 2.45) is 11.7 Å². The van der Waals surface area contributed by atoms with Gasteiger partial charge < -0.3 is 10.6 Å². The third-order valence-corrected chi connectivity index (χ3v) is 1.74. The highest BCUT2D eigenvalue weighted by molar-refractivity contribution is 5.03. The zero-order valence-corrected chi connectivity index (χ0v) is 7.67. The first-order chi connectivity index (χ1) is 5.00. The minimum atomic E-state index is 0.201. The topological polar surface area (TPSA) is 29.3 Å². The maximum Gasteiger partial charge on any atom is 0.0694 e. The lowest BCUT2D eigenvalue weighted by Gasteiger charge is -2.29. The summed E-state index contributed by atoms with van der Waals surface area (Å²) in [4.78, 5) is 1.98. The lowest BCUT2D eigenvalue weighted by atomic mass is 10.0. The van der Waals surface area contributed by atoms with Crippen molar-refractivity contribution in [2.75, 3.05) is 7.05 Å². The van der Waals surface area contributed by atoms with E-state index in [4.69, 9.17) is 5.73 Å². The molecule has 0 fully saturated rings. The van der Waals surface area contributed by atoms with E-state index in [0.717, 1.165) is 0 Å². The largest absolute Gasteiger partial charge is 0.401 e. The Bertz CT molecular complexity index is 150. The summed E-state index contributed by atoms with van der Waals surface area (Å²) in [6.45, 7) is 11.6. The average molecular weight is 154 g/mol. The molecule has 0 aromatic heterocycles. The van der Waals surface area contributed by atoms with Crippen molar-refractivity contribution in [3.05, 3.63) is 25.1 Å². The van der Waals surface area contributed by atoms with E-state index in [1.807, 2.05) is 11.9 Å². The molecule has 0 aliphatic heterocycles. The van der Waals surface area contributed by atoms with E-state index in [1.54, 1.807) is 6.20 Å². The van der Waals surface area contributed by atoms with Crippen LogP contribution in [0.5, 0.6) is 0 Å². The van der Waals surface area contributed by atoms with E-state index >= 15 is 0 Å². The van der Waals surface area contributed by atoms with Crippen molar-refractivity contribution >= 4 is 0 Å². The van der Waals surface area contributed by atoms with Crippen LogP contribution < -0.4 is 5.73 Å². The summed E-state index contributed by atoms with van der Waals surface area (Å²) in [7, 11) is 1.95. The molecule has 0 heterocycles. The van der Waals surface area contributed by atoms with Crippen LogP contribution in [0.15, 0.2) is 25.1 Å². The monoisotopic (exact) mass is 154 g/mol. The van der Waals surface area contributed by atoms with Crippen LogP contribution >= 0.6 is 0 Å². The molecule has 0 amide bonds. The summed E-state index contributed by atoms with van der Waals surface area (Å²) in [5, 5.41) is 0. The van der Waals surface area contributed by atoms with Gasteiger partial charge in [-0.1, -0.05) is 27.0 Å². The van der Waals surface area contributed by atoms with E-state index in [9.17, 15) is 0 Å². The highest BCUT2D eigenvalue weighted by Gasteiger charge is 2.16. The molecule has 1 unspecified atom stereocenters. The number of nitrogens with two attached hydrogens (primary N) is 1. The predicted molar refractivity (Wildman–Crippen MR) is 49.9 cm³/mol. The van der Waals surface area contributed by atoms with Gasteiger partial charge in [-0.3, -0.25) is 0 Å². The van der Waals surface area contributed by atoms with Gasteiger partial charge in [0.05, 0.1) is 6.04 Å². The van der Waals surface area contributed by atoms with E-state index < -0.39 is 0 Å². The quantitative estimate of drug-likeness (QED) is 0.666. The van der Waals surface area contributed by atoms with Crippen LogP contribution in [0, 0.1) is 5.92 Å². The third-order valence-electron chi connectivity index (χ3n) is 1.74. The summed E-state index contributed by atoms with van der Waals surface area (Å²) in [6.07, 6.45) is 1.77. The van der Waals surface area contributed by atoms with Crippen molar-refractivity contribution in [2.45, 2.75) is 19.9 Å². The molecule has 0 bridgehead atoms. The molecular formula is C9H18N2. The van der Waals surface area contributed by atoms with Gasteiger partial charge in [0.25, 0.3) is 0 Å². The number of hydrogen-bond acceptors (Lipinski definition) is 2. The first-order valence-electron chi connectivity index (χ1n) is 3.79. The SMILES string of the molecule is C=CN(C)C(C(=C)N)C(C)C. The van der Waals surface area contributed by atoms with Gasteiger partial charge in [-0.05, 0) is 12.1 Å². The lowest BCUT2D eigenvalue weighted by Crippen LogP contribution is -2.36. The van der Waals surface area contributed by atoms with E-state index in [0.29, 0.717) is 11.6 Å². The molecule has 2 N–H and O–H groups in total. The Morgan fingerprint density at radius 2 is 2.00 bits per heavy atom. The van der Waals surface area contributed by atoms with E-state index in [1.165, 1.54) is 0 Å². The molecule has 0 aromatic rings. The highest BCUT2D eigenvalue weighted by atomic mass is 15.1. The fourth-order valence-electron chi connectivity index (χ4n) is 1.27. The van der Waals surface area contributed by atoms with Crippen molar-refractivity contribution < 1.29 is 0 Å². The second-order valence-corrected chi connectivity index (χ2v) is 3.11. The van der Waals surface area contributed by atoms with Crippen LogP contribution in [-0.2, 0) is 0 Å². The zero-order valence-electron chi connectivity index (χ0n) is 7.67. The van der Waals surface area contributed by atoms with Crippen LogP contribution in [-0.4, -0.2) is 18.0 Å². The Balaban J connectivity index is 4.33. The molecule has 64 valence electrons. The van der Waals surface area contributed by atoms with Crippen LogP contribution in [0.2, 0.25) is 0 Å². The molecule has 0 spiro atoms. The van der Waals surface area contributed by atoms with Crippen LogP contribution in [0.3, 0.4) is 0 Å². The maximum atomic E-state index is 5.63. The third kappa shape index (κ3) is 2.66. The minimum absolute atomic E-state index is 0.201. The molecule has 1 atom stereocenters. The average Bonchev–Trinajstić information content (AvgIpc) is 1.85. The van der Waals surface area contributed by atoms with Gasteiger partial charge in [0.2, 0.25) is 0 Å². The van der Waals surface area contributed by atoms with Gasteiger partial charge in [-0.25, -0.2) is 0 Å². The van der Waals surface area contributed by atoms with Gasteiger partial charge in [0.1, 0.15) is 0 Å². The predicted octanol–water partition coefficient (Wildman–Crippen LogP) is 1.56. The molecule has 0 aliphatic rings. The standard InChI is InChI=1S/C9H18N2/c1-6-11(5)9(7(2)3)8(4)10/h6-7,9H,1,4,10H2,2-3,5H3. The Labute approximate surface area is 69.4 Å². The van der Waals surface area contributed by atoms with Crippen molar-refractivity contribution in [1.29, 1.82) is 0 Å². The van der Waals surface area contributed by atoms with Gasteiger partial charge in [-0.15, -0.1) is 0 Å². The summed E-state index contributed by atoms with van der Waals surface area (Å²) in [6, 6.07) is 0.201. The number of likely N-dealkylation sites (N-methyl/N-ethyl adjacent to an activating group) is 1. The number of hydrogen-bond donors (Lipinski definition) is 1. The van der Waals surface area contributed by atoms with E-state index in [-0.39, 0.29) is 6.04 Å². The molecule has 0 aromatic carbocycles. The normalized spacial score (nSPS) is 12.7. The molecule has 0 rings (SSSR count). The summed E-state index contributed by atoms with van der Waals surface area (Å²) < 4.78 is 0. The smallest absolute Gasteiger partial charge is 0.0694 e. The first kappa shape index (κ1) is 10.1. The maximum absolute atomic E-state index is 5.63. The summed E-state index contributed by atoms with van der Waals surface area (Å²) in [5.74, 6) is 0.468. The molecule has 0 saturated heterocycles. The van der Waals surface area contributed by atoms with Gasteiger partial charge >= 0.3 is 0 Å². The summed E-state index contributed by atoms with van der Waals surface area (Å²) in [5.41, 5.74) is 6.33. The molecule has 0 radical (unpaired) electrons. The Kier molecular flexibility index (Phi) is 3.72. The first-order valence-corrected chi connectivity index (χ1v) is 3.79. The zero-order chi connectivity index (χ0) is 9.02. The van der Waals surface area contributed by atoms with Crippen molar-refractivity contribution in [3.8, 4) is 0 Å². The molecule has 0 aliphatic carbocycles. The summed E-state index contributed by atoms with van der Waals surface area (Å²) >= 11 is 0. The van der Waals surface area contributed by atoms with E-state index in [2.05, 4.69) is 27.0 Å². The number of rotatable bonds is 4. The second-order valence-electron chi connectivity index (χ2n) is 3.11. The van der Waals surface area contributed by atoms with Gasteiger partial charge in [0.15, 0.2) is 0 Å². The Morgan fingerprint density at radius 3 is 2.09 bits per heavy atom. The van der Waals surface area contributed by atoms with Gasteiger partial charge in [0, 0.05) is 12.7 Å². The van der Waals surface area contributed by atoms with Crippen LogP contribution in [0.1, 0.15) is 13.8 Å². The second kappa shape index (κ2) is 4.06. The molecule has 2 nitrogen and oxygen atoms in total. The van der Waals surface area contributed by atoms with Crippen LogP contribution in [0.4, 0.5) is 0 Å². The van der Waals surface area contributed by atoms with Crippen molar-refractivity contribution in [3.63, 3.8) is 0 Å². The van der Waals surface area contributed by atoms with Crippen LogP contribution in [0.25, 0.3) is 0 Å². The number of nitrogens with zero attached hydrogens (tertiary/aromatic N) is 1. The fraction of sp³-hybridized carbons (Fsp3) is 0.556. The fourth-order valence-corrected chi connectivity index (χ4v) is 1.27. The Hall–Kier alpha value is -0.920. The highest BCUT2D eigenvalue weighted by Crippen LogP contribution is 2.12. The molecule has 11 heavy (non-hydrogen) atoms. The minimum Gasteiger partial charge on any atom is -0.401 e. The Morgan fingerprint density at radius 1 is 1.55 bits per heavy atom. The van der Waals surface area contributed by atoms with Gasteiger partial charge in [-0.2, -0.15) is 0 Å². The molecular weight excluding hydrogens is 136 g/mol. The molecule has 2 heteroatoms.